The van der Waals surface area contributed by atoms with Crippen molar-refractivity contribution in [3.8, 4) is 5.75 Å². The number of rotatable bonds is 6. The van der Waals surface area contributed by atoms with E-state index in [-0.39, 0.29) is 11.4 Å². The largest absolute Gasteiger partial charge is 0.497 e. The highest BCUT2D eigenvalue weighted by molar-refractivity contribution is 7.92. The first-order valence-electron chi connectivity index (χ1n) is 8.07. The molecule has 0 aliphatic rings. The van der Waals surface area contributed by atoms with Crippen LogP contribution in [-0.2, 0) is 16.6 Å². The second-order valence-electron chi connectivity index (χ2n) is 5.79. The van der Waals surface area contributed by atoms with Gasteiger partial charge in [-0.1, -0.05) is 23.7 Å². The van der Waals surface area contributed by atoms with E-state index in [2.05, 4.69) is 0 Å². The number of ether oxygens (including phenoxy) is 1. The SMILES string of the molecule is COc1ccc(S(=O)(=O)N(Cc2cccc(F)c2)c2ccc(Cl)cc2)cc1. The van der Waals surface area contributed by atoms with Crippen molar-refractivity contribution in [3.05, 3.63) is 89.2 Å². The lowest BCUT2D eigenvalue weighted by Gasteiger charge is -2.25. The highest BCUT2D eigenvalue weighted by Crippen LogP contribution is 2.28. The molecule has 0 aliphatic heterocycles. The number of halogens is 2. The molecule has 7 heteroatoms. The zero-order valence-corrected chi connectivity index (χ0v) is 16.0. The van der Waals surface area contributed by atoms with Gasteiger partial charge in [0, 0.05) is 5.02 Å². The monoisotopic (exact) mass is 405 g/mol. The quantitative estimate of drug-likeness (QED) is 0.587. The highest BCUT2D eigenvalue weighted by Gasteiger charge is 2.25. The number of methoxy groups -OCH3 is 1. The Bertz CT molecular complexity index is 1020. The fraction of sp³-hybridized carbons (Fsp3) is 0.100. The Labute approximate surface area is 162 Å². The van der Waals surface area contributed by atoms with Gasteiger partial charge in [0.2, 0.25) is 0 Å². The first-order chi connectivity index (χ1) is 12.9. The second-order valence-corrected chi connectivity index (χ2v) is 8.09. The average Bonchev–Trinajstić information content (AvgIpc) is 2.67. The number of hydrogen-bond acceptors (Lipinski definition) is 3. The van der Waals surface area contributed by atoms with Crippen molar-refractivity contribution < 1.29 is 17.5 Å². The molecule has 0 aliphatic carbocycles. The van der Waals surface area contributed by atoms with E-state index in [4.69, 9.17) is 16.3 Å². The summed E-state index contributed by atoms with van der Waals surface area (Å²) >= 11 is 5.93. The summed E-state index contributed by atoms with van der Waals surface area (Å²) in [4.78, 5) is 0.106. The lowest BCUT2D eigenvalue weighted by Crippen LogP contribution is -2.30. The molecule has 3 aromatic carbocycles. The Balaban J connectivity index is 2.05. The number of nitrogens with zero attached hydrogens (tertiary/aromatic N) is 1. The maximum Gasteiger partial charge on any atom is 0.264 e. The molecule has 0 heterocycles. The Hall–Kier alpha value is -2.57. The number of benzene rings is 3. The smallest absolute Gasteiger partial charge is 0.264 e. The minimum Gasteiger partial charge on any atom is -0.497 e. The molecular formula is C20H17ClFNO3S. The predicted molar refractivity (Wildman–Crippen MR) is 104 cm³/mol. The standard InChI is InChI=1S/C20H17ClFNO3S/c1-26-19-9-11-20(12-10-19)27(24,25)23(18-7-5-16(21)6-8-18)14-15-3-2-4-17(22)13-15/h2-13H,14H2,1H3. The normalized spacial score (nSPS) is 11.2. The maximum absolute atomic E-state index is 13.6. The Morgan fingerprint density at radius 1 is 1.00 bits per heavy atom. The van der Waals surface area contributed by atoms with Crippen molar-refractivity contribution in [2.24, 2.45) is 0 Å². The molecule has 0 saturated carbocycles. The number of anilines is 1. The van der Waals surface area contributed by atoms with Gasteiger partial charge in [-0.15, -0.1) is 0 Å². The molecule has 140 valence electrons. The van der Waals surface area contributed by atoms with E-state index in [1.807, 2.05) is 0 Å². The molecular weight excluding hydrogens is 389 g/mol. The summed E-state index contributed by atoms with van der Waals surface area (Å²) in [6.07, 6.45) is 0. The van der Waals surface area contributed by atoms with Gasteiger partial charge in [-0.25, -0.2) is 12.8 Å². The van der Waals surface area contributed by atoms with Crippen LogP contribution in [0.5, 0.6) is 5.75 Å². The fourth-order valence-corrected chi connectivity index (χ4v) is 4.18. The summed E-state index contributed by atoms with van der Waals surface area (Å²) in [5.41, 5.74) is 0.960. The van der Waals surface area contributed by atoms with Gasteiger partial charge in [-0.05, 0) is 66.2 Å². The topological polar surface area (TPSA) is 46.6 Å². The molecule has 3 aromatic rings. The van der Waals surface area contributed by atoms with E-state index in [1.54, 1.807) is 48.5 Å². The van der Waals surface area contributed by atoms with Gasteiger partial charge < -0.3 is 4.74 Å². The third-order valence-electron chi connectivity index (χ3n) is 3.98. The molecule has 0 unspecified atom stereocenters. The molecule has 0 fully saturated rings. The fourth-order valence-electron chi connectivity index (χ4n) is 2.60. The zero-order valence-electron chi connectivity index (χ0n) is 14.5. The summed E-state index contributed by atoms with van der Waals surface area (Å²) in [6.45, 7) is -0.0201. The number of sulfonamides is 1. The van der Waals surface area contributed by atoms with Crippen molar-refractivity contribution in [1.82, 2.24) is 0 Å². The summed E-state index contributed by atoms with van der Waals surface area (Å²) < 4.78 is 46.4. The molecule has 0 radical (unpaired) electrons. The highest BCUT2D eigenvalue weighted by atomic mass is 35.5. The van der Waals surface area contributed by atoms with E-state index < -0.39 is 15.8 Å². The van der Waals surface area contributed by atoms with E-state index in [0.29, 0.717) is 22.0 Å². The van der Waals surface area contributed by atoms with E-state index in [9.17, 15) is 12.8 Å². The van der Waals surface area contributed by atoms with Crippen LogP contribution in [0, 0.1) is 5.82 Å². The molecule has 3 rings (SSSR count). The van der Waals surface area contributed by atoms with Gasteiger partial charge in [0.1, 0.15) is 11.6 Å². The first-order valence-corrected chi connectivity index (χ1v) is 9.89. The molecule has 0 N–H and O–H groups in total. The van der Waals surface area contributed by atoms with Gasteiger partial charge in [0.05, 0.1) is 24.2 Å². The van der Waals surface area contributed by atoms with Gasteiger partial charge in [0.15, 0.2) is 0 Å². The van der Waals surface area contributed by atoms with Crippen LogP contribution < -0.4 is 9.04 Å². The average molecular weight is 406 g/mol. The number of hydrogen-bond donors (Lipinski definition) is 0. The molecule has 4 nitrogen and oxygen atoms in total. The molecule has 0 bridgehead atoms. The summed E-state index contributed by atoms with van der Waals surface area (Å²) in [7, 11) is -2.38. The predicted octanol–water partition coefficient (Wildman–Crippen LogP) is 4.88. The van der Waals surface area contributed by atoms with E-state index in [0.717, 1.165) is 0 Å². The molecule has 0 spiro atoms. The summed E-state index contributed by atoms with van der Waals surface area (Å²) in [5, 5.41) is 0.492. The molecule has 0 atom stereocenters. The maximum atomic E-state index is 13.6. The third kappa shape index (κ3) is 4.40. The van der Waals surface area contributed by atoms with Crippen LogP contribution >= 0.6 is 11.6 Å². The van der Waals surface area contributed by atoms with Crippen LogP contribution in [0.3, 0.4) is 0 Å². The van der Waals surface area contributed by atoms with Crippen LogP contribution in [0.25, 0.3) is 0 Å². The van der Waals surface area contributed by atoms with Crippen molar-refractivity contribution >= 4 is 27.3 Å². The summed E-state index contributed by atoms with van der Waals surface area (Å²) in [5.74, 6) is 0.127. The summed E-state index contributed by atoms with van der Waals surface area (Å²) in [6, 6.07) is 18.4. The molecule has 27 heavy (non-hydrogen) atoms. The van der Waals surface area contributed by atoms with Gasteiger partial charge in [-0.2, -0.15) is 0 Å². The molecule has 0 amide bonds. The van der Waals surface area contributed by atoms with Crippen LogP contribution in [0.2, 0.25) is 5.02 Å². The van der Waals surface area contributed by atoms with Gasteiger partial charge in [-0.3, -0.25) is 4.31 Å². The van der Waals surface area contributed by atoms with Crippen molar-refractivity contribution in [2.75, 3.05) is 11.4 Å². The lowest BCUT2D eigenvalue weighted by atomic mass is 10.2. The minimum atomic E-state index is -3.89. The van der Waals surface area contributed by atoms with Crippen LogP contribution in [0.4, 0.5) is 10.1 Å². The molecule has 0 aromatic heterocycles. The lowest BCUT2D eigenvalue weighted by molar-refractivity contribution is 0.414. The zero-order chi connectivity index (χ0) is 19.4. The Kier molecular flexibility index (Phi) is 5.68. The van der Waals surface area contributed by atoms with Crippen LogP contribution in [0.15, 0.2) is 77.7 Å². The Morgan fingerprint density at radius 3 is 2.26 bits per heavy atom. The third-order valence-corrected chi connectivity index (χ3v) is 6.02. The van der Waals surface area contributed by atoms with Gasteiger partial charge in [0.25, 0.3) is 10.0 Å². The minimum absolute atomic E-state index is 0.0201. The Morgan fingerprint density at radius 2 is 1.67 bits per heavy atom. The van der Waals surface area contributed by atoms with E-state index >= 15 is 0 Å². The van der Waals surface area contributed by atoms with E-state index in [1.165, 1.54) is 35.7 Å². The first kappa shape index (κ1) is 19.2. The molecule has 0 saturated heterocycles. The van der Waals surface area contributed by atoms with Gasteiger partial charge >= 0.3 is 0 Å². The van der Waals surface area contributed by atoms with Crippen molar-refractivity contribution in [3.63, 3.8) is 0 Å². The van der Waals surface area contributed by atoms with Crippen molar-refractivity contribution in [2.45, 2.75) is 11.4 Å². The van der Waals surface area contributed by atoms with Crippen LogP contribution in [0.1, 0.15) is 5.56 Å². The van der Waals surface area contributed by atoms with Crippen LogP contribution in [-0.4, -0.2) is 15.5 Å². The van der Waals surface area contributed by atoms with Crippen molar-refractivity contribution in [1.29, 1.82) is 0 Å². The second kappa shape index (κ2) is 7.98.